The van der Waals surface area contributed by atoms with Crippen LogP contribution in [-0.4, -0.2) is 73.4 Å². The number of nitrogens with one attached hydrogen (secondary N) is 1. The minimum Gasteiger partial charge on any atom is -0.387 e. The molecule has 65 heavy (non-hydrogen) atoms. The van der Waals surface area contributed by atoms with Crippen LogP contribution in [0, 0.1) is 0 Å². The van der Waals surface area contributed by atoms with E-state index in [1.807, 2.05) is 27.2 Å². The van der Waals surface area contributed by atoms with Gasteiger partial charge in [0.2, 0.25) is 5.91 Å². The summed E-state index contributed by atoms with van der Waals surface area (Å²) in [5.74, 6) is -0.187. The first kappa shape index (κ1) is 63.7. The van der Waals surface area contributed by atoms with Gasteiger partial charge in [0.05, 0.1) is 39.9 Å². The number of quaternary nitrogens is 1. The Labute approximate surface area is 404 Å². The van der Waals surface area contributed by atoms with Gasteiger partial charge in [0.15, 0.2) is 0 Å². The zero-order valence-corrected chi connectivity index (χ0v) is 44.6. The SMILES string of the molecule is CCCCCCCCCCCCCCCCC/C=C/CC/C=C/CC/C=C/C(O)C(COP(=O)(O)OCC[N+](C)(C)C)NC(=O)CCCCCCCCCCCCCCCCCCCC. The van der Waals surface area contributed by atoms with Crippen molar-refractivity contribution in [2.45, 2.75) is 276 Å². The number of hydrogen-bond donors (Lipinski definition) is 3. The third kappa shape index (κ3) is 50.4. The molecule has 0 aromatic carbocycles. The number of amides is 1. The molecule has 0 aliphatic carbocycles. The van der Waals surface area contributed by atoms with E-state index in [0.29, 0.717) is 17.4 Å². The van der Waals surface area contributed by atoms with E-state index in [9.17, 15) is 19.4 Å². The Morgan fingerprint density at radius 3 is 1.23 bits per heavy atom. The van der Waals surface area contributed by atoms with Gasteiger partial charge < -0.3 is 19.8 Å². The van der Waals surface area contributed by atoms with Gasteiger partial charge in [-0.2, -0.15) is 0 Å². The number of phosphoric acid groups is 1. The number of phosphoric ester groups is 1. The second kappa shape index (κ2) is 47.8. The maximum Gasteiger partial charge on any atom is 0.472 e. The Morgan fingerprint density at radius 1 is 0.508 bits per heavy atom. The molecule has 384 valence electrons. The van der Waals surface area contributed by atoms with Crippen LogP contribution in [0.15, 0.2) is 36.5 Å². The second-order valence-electron chi connectivity index (χ2n) is 20.3. The lowest BCUT2D eigenvalue weighted by Gasteiger charge is -2.25. The zero-order valence-electron chi connectivity index (χ0n) is 43.7. The number of carbonyl (C=O) groups excluding carboxylic acids is 1. The van der Waals surface area contributed by atoms with E-state index >= 15 is 0 Å². The van der Waals surface area contributed by atoms with Crippen LogP contribution in [0.3, 0.4) is 0 Å². The molecule has 0 bridgehead atoms. The van der Waals surface area contributed by atoms with Crippen molar-refractivity contribution in [3.05, 3.63) is 36.5 Å². The number of aliphatic hydroxyl groups is 1. The van der Waals surface area contributed by atoms with Gasteiger partial charge in [0.25, 0.3) is 0 Å². The summed E-state index contributed by atoms with van der Waals surface area (Å²) >= 11 is 0. The summed E-state index contributed by atoms with van der Waals surface area (Å²) in [5, 5.41) is 13.9. The Bertz CT molecular complexity index is 1150. The number of nitrogens with zero attached hydrogens (tertiary/aromatic N) is 1. The third-order valence-electron chi connectivity index (χ3n) is 12.6. The lowest BCUT2D eigenvalue weighted by molar-refractivity contribution is -0.870. The highest BCUT2D eigenvalue weighted by Crippen LogP contribution is 2.43. The van der Waals surface area contributed by atoms with Gasteiger partial charge >= 0.3 is 7.82 Å². The Kier molecular flexibility index (Phi) is 46.8. The van der Waals surface area contributed by atoms with Crippen molar-refractivity contribution in [1.82, 2.24) is 5.32 Å². The molecule has 0 spiro atoms. The third-order valence-corrected chi connectivity index (χ3v) is 13.6. The molecule has 9 heteroatoms. The van der Waals surface area contributed by atoms with Crippen LogP contribution >= 0.6 is 7.82 Å². The highest BCUT2D eigenvalue weighted by atomic mass is 31.2. The Hall–Kier alpha value is -1.28. The van der Waals surface area contributed by atoms with E-state index in [4.69, 9.17) is 9.05 Å². The van der Waals surface area contributed by atoms with Crippen molar-refractivity contribution in [2.24, 2.45) is 0 Å². The minimum atomic E-state index is -4.35. The molecule has 0 saturated carbocycles. The standard InChI is InChI=1S/C56H109N2O6P/c1-6-8-10-12-14-16-18-20-22-24-26-27-28-29-30-31-32-33-35-37-39-41-43-45-47-49-55(59)54(53-64-65(61,62)63-52-51-58(3,4)5)57-56(60)50-48-46-44-42-40-38-36-34-25-23-21-19-17-15-13-11-9-7-2/h32-33,39,41,47,49,54-55,59H,6-31,34-38,40,42-46,48,50-53H2,1-5H3,(H-,57,60,61,62)/p+1/b33-32+,41-39+,49-47+. The predicted octanol–water partition coefficient (Wildman–Crippen LogP) is 16.6. The topological polar surface area (TPSA) is 105 Å². The molecule has 0 aromatic heterocycles. The van der Waals surface area contributed by atoms with Crippen molar-refractivity contribution in [1.29, 1.82) is 0 Å². The van der Waals surface area contributed by atoms with Crippen molar-refractivity contribution in [2.75, 3.05) is 40.9 Å². The first-order valence-corrected chi connectivity index (χ1v) is 29.4. The minimum absolute atomic E-state index is 0.0550. The van der Waals surface area contributed by atoms with Crippen molar-refractivity contribution in [3.8, 4) is 0 Å². The van der Waals surface area contributed by atoms with Crippen LogP contribution in [0.1, 0.15) is 264 Å². The summed E-state index contributed by atoms with van der Waals surface area (Å²) in [7, 11) is 1.56. The van der Waals surface area contributed by atoms with Crippen LogP contribution in [0.25, 0.3) is 0 Å². The zero-order chi connectivity index (χ0) is 47.8. The predicted molar refractivity (Wildman–Crippen MR) is 281 cm³/mol. The van der Waals surface area contributed by atoms with Gasteiger partial charge in [-0.25, -0.2) is 4.57 Å². The van der Waals surface area contributed by atoms with E-state index in [-0.39, 0.29) is 19.1 Å². The maximum atomic E-state index is 12.9. The average molecular weight is 938 g/mol. The molecule has 0 aliphatic rings. The molecule has 0 radical (unpaired) electrons. The summed E-state index contributed by atoms with van der Waals surface area (Å²) in [4.78, 5) is 23.2. The van der Waals surface area contributed by atoms with Crippen LogP contribution in [0.2, 0.25) is 0 Å². The summed E-state index contributed by atoms with van der Waals surface area (Å²) in [6.45, 7) is 4.82. The highest BCUT2D eigenvalue weighted by Gasteiger charge is 2.27. The van der Waals surface area contributed by atoms with Crippen molar-refractivity contribution in [3.63, 3.8) is 0 Å². The van der Waals surface area contributed by atoms with Gasteiger partial charge in [-0.3, -0.25) is 13.8 Å². The van der Waals surface area contributed by atoms with Crippen molar-refractivity contribution < 1.29 is 32.9 Å². The smallest absolute Gasteiger partial charge is 0.387 e. The number of hydrogen-bond acceptors (Lipinski definition) is 5. The summed E-state index contributed by atoms with van der Waals surface area (Å²) in [6.07, 6.45) is 61.0. The van der Waals surface area contributed by atoms with E-state index in [1.165, 1.54) is 199 Å². The molecular formula is C56H110N2O6P+. The summed E-state index contributed by atoms with van der Waals surface area (Å²) in [6, 6.07) is -0.867. The maximum absolute atomic E-state index is 12.9. The quantitative estimate of drug-likeness (QED) is 0.0243. The molecule has 0 aliphatic heterocycles. The molecule has 0 fully saturated rings. The fourth-order valence-corrected chi connectivity index (χ4v) is 8.93. The lowest BCUT2D eigenvalue weighted by atomic mass is 10.0. The van der Waals surface area contributed by atoms with Gasteiger partial charge in [-0.05, 0) is 44.9 Å². The number of allylic oxidation sites excluding steroid dienone is 5. The van der Waals surface area contributed by atoms with Gasteiger partial charge in [0, 0.05) is 6.42 Å². The van der Waals surface area contributed by atoms with Crippen LogP contribution in [-0.2, 0) is 18.4 Å². The largest absolute Gasteiger partial charge is 0.472 e. The summed E-state index contributed by atoms with van der Waals surface area (Å²) in [5.41, 5.74) is 0. The fourth-order valence-electron chi connectivity index (χ4n) is 8.19. The average Bonchev–Trinajstić information content (AvgIpc) is 3.26. The van der Waals surface area contributed by atoms with E-state index in [2.05, 4.69) is 43.5 Å². The molecule has 3 atom stereocenters. The van der Waals surface area contributed by atoms with E-state index in [1.54, 1.807) is 6.08 Å². The van der Waals surface area contributed by atoms with E-state index < -0.39 is 20.0 Å². The molecule has 0 rings (SSSR count). The first-order valence-electron chi connectivity index (χ1n) is 27.9. The van der Waals surface area contributed by atoms with Crippen molar-refractivity contribution >= 4 is 13.7 Å². The summed E-state index contributed by atoms with van der Waals surface area (Å²) < 4.78 is 23.7. The number of aliphatic hydroxyl groups excluding tert-OH is 1. The highest BCUT2D eigenvalue weighted by molar-refractivity contribution is 7.47. The van der Waals surface area contributed by atoms with Crippen LogP contribution < -0.4 is 5.32 Å². The fraction of sp³-hybridized carbons (Fsp3) is 0.875. The van der Waals surface area contributed by atoms with Gasteiger partial charge in [-0.1, -0.05) is 249 Å². The first-order chi connectivity index (χ1) is 31.5. The molecule has 1 amide bonds. The van der Waals surface area contributed by atoms with Crippen LogP contribution in [0.5, 0.6) is 0 Å². The second-order valence-corrected chi connectivity index (χ2v) is 21.8. The number of unbranched alkanes of at least 4 members (excludes halogenated alkanes) is 34. The number of likely N-dealkylation sites (N-methyl/N-ethyl adjacent to an activating group) is 1. The van der Waals surface area contributed by atoms with E-state index in [0.717, 1.165) is 44.9 Å². The number of carbonyl (C=O) groups is 1. The lowest BCUT2D eigenvalue weighted by Crippen LogP contribution is -2.45. The molecule has 0 aromatic rings. The van der Waals surface area contributed by atoms with Crippen LogP contribution in [0.4, 0.5) is 0 Å². The molecule has 0 heterocycles. The normalized spacial score (nSPS) is 14.3. The van der Waals surface area contributed by atoms with Gasteiger partial charge in [0.1, 0.15) is 13.2 Å². The molecule has 3 unspecified atom stereocenters. The number of rotatable bonds is 51. The molecule has 8 nitrogen and oxygen atoms in total. The van der Waals surface area contributed by atoms with Gasteiger partial charge in [-0.15, -0.1) is 0 Å². The monoisotopic (exact) mass is 938 g/mol. The molecule has 3 N–H and O–H groups in total. The Morgan fingerprint density at radius 2 is 0.846 bits per heavy atom. The molecule has 0 saturated heterocycles. The molecular weight excluding hydrogens is 828 g/mol. The Balaban J connectivity index is 4.30.